The monoisotopic (exact) mass is 276 g/mol. The molecule has 2 aromatic heterocycles. The second kappa shape index (κ2) is 6.33. The molecule has 2 aromatic rings. The first-order valence-electron chi connectivity index (χ1n) is 6.24. The molecule has 0 amide bonds. The first kappa shape index (κ1) is 13.5. The molecule has 0 bridgehead atoms. The summed E-state index contributed by atoms with van der Waals surface area (Å²) in [5, 5.41) is 0. The van der Waals surface area contributed by atoms with Crippen molar-refractivity contribution in [3.05, 3.63) is 53.6 Å². The fourth-order valence-corrected chi connectivity index (χ4v) is 2.04. The van der Waals surface area contributed by atoms with E-state index in [-0.39, 0.29) is 12.0 Å². The van der Waals surface area contributed by atoms with Gasteiger partial charge in [0.25, 0.3) is 0 Å². The Kier molecular flexibility index (Phi) is 4.52. The maximum Gasteiger partial charge on any atom is 0.355 e. The lowest BCUT2D eigenvalue weighted by Gasteiger charge is -2.17. The van der Waals surface area contributed by atoms with Gasteiger partial charge in [-0.3, -0.25) is 0 Å². The van der Waals surface area contributed by atoms with Crippen LogP contribution in [0.1, 0.15) is 25.8 Å². The van der Waals surface area contributed by atoms with E-state index in [0.29, 0.717) is 4.64 Å². The number of pyridine rings is 1. The van der Waals surface area contributed by atoms with Crippen LogP contribution in [0.3, 0.4) is 0 Å². The van der Waals surface area contributed by atoms with Crippen molar-refractivity contribution in [2.75, 3.05) is 0 Å². The average Bonchev–Trinajstić information content (AvgIpc) is 2.92. The highest BCUT2D eigenvalue weighted by molar-refractivity contribution is 7.71. The van der Waals surface area contributed by atoms with Gasteiger partial charge in [0.15, 0.2) is 0 Å². The van der Waals surface area contributed by atoms with Crippen LogP contribution in [-0.2, 0) is 4.79 Å². The van der Waals surface area contributed by atoms with E-state index in [4.69, 9.17) is 17.1 Å². The Balaban J connectivity index is 2.17. The fraction of sp³-hybridized carbons (Fsp3) is 0.286. The number of carbonyl (C=O) groups excluding carboxylic acids is 1. The van der Waals surface area contributed by atoms with E-state index in [1.165, 1.54) is 4.73 Å². The molecule has 1 unspecified atom stereocenters. The minimum atomic E-state index is -0.317. The minimum Gasteiger partial charge on any atom is -0.340 e. The summed E-state index contributed by atoms with van der Waals surface area (Å²) < 4.78 is 3.65. The summed E-state index contributed by atoms with van der Waals surface area (Å²) in [5.41, 5.74) is 0. The zero-order valence-corrected chi connectivity index (χ0v) is 11.5. The summed E-state index contributed by atoms with van der Waals surface area (Å²) in [6, 6.07) is 8.76. The molecule has 0 fully saturated rings. The molecule has 100 valence electrons. The number of hydrogen-bond donors (Lipinski definition) is 0. The molecule has 0 aromatic carbocycles. The molecule has 2 heterocycles. The number of carbonyl (C=O) groups is 1. The lowest BCUT2D eigenvalue weighted by Crippen LogP contribution is -2.29. The lowest BCUT2D eigenvalue weighted by atomic mass is 10.2. The molecule has 0 radical (unpaired) electrons. The molecule has 4 nitrogen and oxygen atoms in total. The van der Waals surface area contributed by atoms with E-state index >= 15 is 0 Å². The minimum absolute atomic E-state index is 0.305. The molecule has 0 saturated carbocycles. The Morgan fingerprint density at radius 3 is 2.58 bits per heavy atom. The van der Waals surface area contributed by atoms with Crippen LogP contribution >= 0.6 is 12.2 Å². The molecule has 0 N–H and O–H groups in total. The Morgan fingerprint density at radius 2 is 1.95 bits per heavy atom. The van der Waals surface area contributed by atoms with E-state index in [9.17, 15) is 4.79 Å². The van der Waals surface area contributed by atoms with Crippen molar-refractivity contribution in [1.82, 2.24) is 9.30 Å². The van der Waals surface area contributed by atoms with Crippen molar-refractivity contribution in [3.63, 3.8) is 0 Å². The van der Waals surface area contributed by atoms with Crippen LogP contribution < -0.4 is 4.84 Å². The SMILES string of the molecule is CCCC(C(=O)On1ccccc1=S)n1cccc1. The largest absolute Gasteiger partial charge is 0.355 e. The molecule has 2 rings (SSSR count). The van der Waals surface area contributed by atoms with Gasteiger partial charge >= 0.3 is 5.97 Å². The third-order valence-electron chi connectivity index (χ3n) is 2.80. The van der Waals surface area contributed by atoms with Crippen molar-refractivity contribution in [2.24, 2.45) is 0 Å². The molecule has 19 heavy (non-hydrogen) atoms. The highest BCUT2D eigenvalue weighted by Gasteiger charge is 2.21. The van der Waals surface area contributed by atoms with Gasteiger partial charge in [-0.15, -0.1) is 0 Å². The molecule has 5 heteroatoms. The molecule has 1 atom stereocenters. The summed E-state index contributed by atoms with van der Waals surface area (Å²) in [5.74, 6) is -0.305. The van der Waals surface area contributed by atoms with Gasteiger partial charge in [-0.05, 0) is 30.7 Å². The normalized spacial score (nSPS) is 12.1. The molecular weight excluding hydrogens is 260 g/mol. The summed E-state index contributed by atoms with van der Waals surface area (Å²) in [6.45, 7) is 2.04. The van der Waals surface area contributed by atoms with Gasteiger partial charge in [0.1, 0.15) is 10.7 Å². The van der Waals surface area contributed by atoms with Gasteiger partial charge < -0.3 is 9.40 Å². The maximum atomic E-state index is 12.2. The highest BCUT2D eigenvalue weighted by Crippen LogP contribution is 2.15. The van der Waals surface area contributed by atoms with Crippen LogP contribution in [-0.4, -0.2) is 15.3 Å². The van der Waals surface area contributed by atoms with Crippen molar-refractivity contribution in [1.29, 1.82) is 0 Å². The van der Waals surface area contributed by atoms with Gasteiger partial charge in [0.2, 0.25) is 0 Å². The standard InChI is InChI=1S/C14H16N2O2S/c1-2-7-12(15-9-5-6-10-15)14(17)18-16-11-4-3-8-13(16)19/h3-6,8-12H,2,7H2,1H3. The van der Waals surface area contributed by atoms with Crippen LogP contribution in [0.25, 0.3) is 0 Å². The van der Waals surface area contributed by atoms with Crippen molar-refractivity contribution >= 4 is 18.2 Å². The summed E-state index contributed by atoms with van der Waals surface area (Å²) in [6.07, 6.45) is 7.00. The van der Waals surface area contributed by atoms with Gasteiger partial charge in [-0.1, -0.05) is 31.6 Å². The second-order valence-electron chi connectivity index (χ2n) is 4.21. The number of rotatable bonds is 5. The van der Waals surface area contributed by atoms with Crippen LogP contribution in [0.15, 0.2) is 48.9 Å². The average molecular weight is 276 g/mol. The van der Waals surface area contributed by atoms with Crippen LogP contribution in [0.4, 0.5) is 0 Å². The van der Waals surface area contributed by atoms with Gasteiger partial charge in [-0.2, -0.15) is 4.73 Å². The number of nitrogens with zero attached hydrogens (tertiary/aromatic N) is 2. The van der Waals surface area contributed by atoms with E-state index < -0.39 is 0 Å². The van der Waals surface area contributed by atoms with Crippen LogP contribution in [0.2, 0.25) is 0 Å². The molecular formula is C14H16N2O2S. The van der Waals surface area contributed by atoms with Gasteiger partial charge in [0.05, 0.1) is 0 Å². The summed E-state index contributed by atoms with van der Waals surface area (Å²) in [7, 11) is 0. The quantitative estimate of drug-likeness (QED) is 0.788. The molecule has 0 saturated heterocycles. The molecule has 0 aliphatic heterocycles. The zero-order chi connectivity index (χ0) is 13.7. The van der Waals surface area contributed by atoms with E-state index in [1.807, 2.05) is 42.1 Å². The van der Waals surface area contributed by atoms with E-state index in [1.54, 1.807) is 18.3 Å². The number of hydrogen-bond acceptors (Lipinski definition) is 3. The smallest absolute Gasteiger partial charge is 0.340 e. The van der Waals surface area contributed by atoms with Crippen molar-refractivity contribution in [3.8, 4) is 0 Å². The van der Waals surface area contributed by atoms with Gasteiger partial charge in [0, 0.05) is 18.6 Å². The molecule has 0 spiro atoms. The first-order chi connectivity index (χ1) is 9.22. The summed E-state index contributed by atoms with van der Waals surface area (Å²) in [4.78, 5) is 17.6. The number of aromatic nitrogens is 2. The van der Waals surface area contributed by atoms with Crippen molar-refractivity contribution < 1.29 is 9.63 Å². The fourth-order valence-electron chi connectivity index (χ4n) is 1.86. The third-order valence-corrected chi connectivity index (χ3v) is 3.11. The predicted molar refractivity (Wildman–Crippen MR) is 75.2 cm³/mol. The van der Waals surface area contributed by atoms with Crippen LogP contribution in [0.5, 0.6) is 0 Å². The van der Waals surface area contributed by atoms with Crippen molar-refractivity contribution in [2.45, 2.75) is 25.8 Å². The predicted octanol–water partition coefficient (Wildman–Crippen LogP) is 3.02. The van der Waals surface area contributed by atoms with E-state index in [0.717, 1.165) is 12.8 Å². The third kappa shape index (κ3) is 3.32. The Hall–Kier alpha value is -1.88. The second-order valence-corrected chi connectivity index (χ2v) is 4.63. The van der Waals surface area contributed by atoms with E-state index in [2.05, 4.69) is 0 Å². The Labute approximate surface area is 117 Å². The Bertz CT molecular complexity index is 589. The molecule has 0 aliphatic rings. The summed E-state index contributed by atoms with van der Waals surface area (Å²) >= 11 is 5.10. The molecule has 0 aliphatic carbocycles. The van der Waals surface area contributed by atoms with Crippen LogP contribution in [0, 0.1) is 4.64 Å². The highest BCUT2D eigenvalue weighted by atomic mass is 32.1. The maximum absolute atomic E-state index is 12.2. The zero-order valence-electron chi connectivity index (χ0n) is 10.7. The Morgan fingerprint density at radius 1 is 1.26 bits per heavy atom. The lowest BCUT2D eigenvalue weighted by molar-refractivity contribution is -0.148. The van der Waals surface area contributed by atoms with Gasteiger partial charge in [-0.25, -0.2) is 4.79 Å². The topological polar surface area (TPSA) is 36.2 Å². The first-order valence-corrected chi connectivity index (χ1v) is 6.65.